The molecule has 0 bridgehead atoms. The summed E-state index contributed by atoms with van der Waals surface area (Å²) in [7, 11) is 0. The van der Waals surface area contributed by atoms with Gasteiger partial charge in [0.15, 0.2) is 0 Å². The Morgan fingerprint density at radius 2 is 1.68 bits per heavy atom. The maximum Gasteiger partial charge on any atom is 0.349 e. The monoisotopic (exact) mass is 273 g/mol. The van der Waals surface area contributed by atoms with Crippen LogP contribution in [0.5, 0.6) is 0 Å². The number of unbranched alkanes of at least 4 members (excludes halogenated alkanes) is 1. The topological polar surface area (TPSA) is 87.0 Å². The van der Waals surface area contributed by atoms with E-state index in [1.54, 1.807) is 13.8 Å². The first-order chi connectivity index (χ1) is 8.88. The predicted molar refractivity (Wildman–Crippen MR) is 76.8 cm³/mol. The minimum absolute atomic E-state index is 0.222. The highest BCUT2D eigenvalue weighted by Gasteiger charge is 2.06. The van der Waals surface area contributed by atoms with E-state index in [0.29, 0.717) is 12.5 Å². The average Bonchev–Trinajstić information content (AvgIpc) is 2.39. The Hall–Kier alpha value is -1.39. The smallest absolute Gasteiger partial charge is 0.349 e. The molecule has 0 aromatic carbocycles. The van der Waals surface area contributed by atoms with Crippen LogP contribution in [0.1, 0.15) is 59.8 Å². The molecule has 0 aliphatic heterocycles. The van der Waals surface area contributed by atoms with Crippen molar-refractivity contribution in [1.29, 1.82) is 0 Å². The standard InChI is InChI=1S/C11H21NO2.C3H6O2/c1-4-6-7-10(5-2)8-12-9(3)11(13)14;1-2-3(4)5/h10H,4-8H2,1-3H3,(H,13,14);2H2,1H3,(H,4,5). The quantitative estimate of drug-likeness (QED) is 0.665. The van der Waals surface area contributed by atoms with Gasteiger partial charge in [-0.2, -0.15) is 0 Å². The molecule has 19 heavy (non-hydrogen) atoms. The normalized spacial score (nSPS) is 12.3. The van der Waals surface area contributed by atoms with Gasteiger partial charge in [0.05, 0.1) is 0 Å². The lowest BCUT2D eigenvalue weighted by Crippen LogP contribution is -2.11. The molecule has 0 aromatic rings. The van der Waals surface area contributed by atoms with Gasteiger partial charge in [0, 0.05) is 13.0 Å². The van der Waals surface area contributed by atoms with Gasteiger partial charge in [-0.3, -0.25) is 9.79 Å². The number of rotatable bonds is 8. The Labute approximate surface area is 115 Å². The minimum atomic E-state index is -0.907. The van der Waals surface area contributed by atoms with Crippen LogP contribution < -0.4 is 0 Å². The summed E-state index contributed by atoms with van der Waals surface area (Å²) in [5, 5.41) is 16.3. The second kappa shape index (κ2) is 13.1. The number of nitrogens with zero attached hydrogens (tertiary/aromatic N) is 1. The number of carbonyl (C=O) groups is 2. The lowest BCUT2D eigenvalue weighted by Gasteiger charge is -2.11. The fraction of sp³-hybridized carbons (Fsp3) is 0.786. The molecule has 0 radical (unpaired) electrons. The van der Waals surface area contributed by atoms with E-state index in [1.165, 1.54) is 12.8 Å². The summed E-state index contributed by atoms with van der Waals surface area (Å²) in [6.07, 6.45) is 4.86. The zero-order chi connectivity index (χ0) is 15.3. The third-order valence-electron chi connectivity index (χ3n) is 2.74. The van der Waals surface area contributed by atoms with Crippen molar-refractivity contribution in [3.8, 4) is 0 Å². The van der Waals surface area contributed by atoms with Crippen molar-refractivity contribution >= 4 is 17.7 Å². The molecular weight excluding hydrogens is 246 g/mol. The molecule has 0 heterocycles. The van der Waals surface area contributed by atoms with Gasteiger partial charge in [0.1, 0.15) is 5.71 Å². The summed E-state index contributed by atoms with van der Waals surface area (Å²) in [5.74, 6) is -1.11. The highest BCUT2D eigenvalue weighted by molar-refractivity contribution is 6.34. The number of hydrogen-bond acceptors (Lipinski definition) is 3. The zero-order valence-electron chi connectivity index (χ0n) is 12.5. The highest BCUT2D eigenvalue weighted by atomic mass is 16.4. The largest absolute Gasteiger partial charge is 0.481 e. The lowest BCUT2D eigenvalue weighted by molar-refractivity contribution is -0.136. The van der Waals surface area contributed by atoms with E-state index >= 15 is 0 Å². The fourth-order valence-corrected chi connectivity index (χ4v) is 1.25. The van der Waals surface area contributed by atoms with Crippen LogP contribution in [0.25, 0.3) is 0 Å². The van der Waals surface area contributed by atoms with Gasteiger partial charge in [0.25, 0.3) is 0 Å². The maximum absolute atomic E-state index is 10.5. The molecule has 0 rings (SSSR count). The summed E-state index contributed by atoms with van der Waals surface area (Å²) in [6.45, 7) is 8.11. The molecule has 0 aliphatic rings. The molecule has 0 aliphatic carbocycles. The first-order valence-electron chi connectivity index (χ1n) is 6.84. The van der Waals surface area contributed by atoms with Crippen molar-refractivity contribution in [2.75, 3.05) is 6.54 Å². The molecule has 0 fully saturated rings. The average molecular weight is 273 g/mol. The summed E-state index contributed by atoms with van der Waals surface area (Å²) >= 11 is 0. The molecule has 0 amide bonds. The Morgan fingerprint density at radius 1 is 1.16 bits per heavy atom. The van der Waals surface area contributed by atoms with Crippen LogP contribution in [0, 0.1) is 5.92 Å². The van der Waals surface area contributed by atoms with Crippen molar-refractivity contribution in [2.45, 2.75) is 59.8 Å². The summed E-state index contributed by atoms with van der Waals surface area (Å²) in [4.78, 5) is 23.9. The molecule has 112 valence electrons. The van der Waals surface area contributed by atoms with E-state index in [0.717, 1.165) is 12.8 Å². The minimum Gasteiger partial charge on any atom is -0.481 e. The molecule has 1 unspecified atom stereocenters. The molecule has 0 saturated carbocycles. The zero-order valence-corrected chi connectivity index (χ0v) is 12.5. The Morgan fingerprint density at radius 3 is 2.00 bits per heavy atom. The first-order valence-corrected chi connectivity index (χ1v) is 6.84. The molecule has 2 N–H and O–H groups in total. The molecule has 5 heteroatoms. The molecule has 0 spiro atoms. The second-order valence-corrected chi connectivity index (χ2v) is 4.40. The Bertz CT molecular complexity index is 287. The van der Waals surface area contributed by atoms with E-state index in [2.05, 4.69) is 18.8 Å². The van der Waals surface area contributed by atoms with Gasteiger partial charge in [-0.1, -0.05) is 40.0 Å². The fourth-order valence-electron chi connectivity index (χ4n) is 1.25. The first kappa shape index (κ1) is 19.9. The van der Waals surface area contributed by atoms with Crippen LogP contribution in [0.15, 0.2) is 4.99 Å². The van der Waals surface area contributed by atoms with Crippen LogP contribution >= 0.6 is 0 Å². The summed E-state index contributed by atoms with van der Waals surface area (Å²) < 4.78 is 0. The van der Waals surface area contributed by atoms with Crippen LogP contribution in [0.4, 0.5) is 0 Å². The van der Waals surface area contributed by atoms with Crippen LogP contribution in [-0.4, -0.2) is 34.4 Å². The molecular formula is C14H27NO4. The third-order valence-corrected chi connectivity index (χ3v) is 2.74. The Balaban J connectivity index is 0. The summed E-state index contributed by atoms with van der Waals surface area (Å²) in [6, 6.07) is 0. The van der Waals surface area contributed by atoms with Gasteiger partial charge in [0.2, 0.25) is 0 Å². The van der Waals surface area contributed by atoms with Crippen LogP contribution in [-0.2, 0) is 9.59 Å². The second-order valence-electron chi connectivity index (χ2n) is 4.40. The highest BCUT2D eigenvalue weighted by Crippen LogP contribution is 2.12. The van der Waals surface area contributed by atoms with Crippen molar-refractivity contribution in [3.63, 3.8) is 0 Å². The number of hydrogen-bond donors (Lipinski definition) is 2. The van der Waals surface area contributed by atoms with Gasteiger partial charge >= 0.3 is 11.9 Å². The van der Waals surface area contributed by atoms with Gasteiger partial charge in [-0.15, -0.1) is 0 Å². The Kier molecular flexibility index (Phi) is 13.7. The van der Waals surface area contributed by atoms with Crippen LogP contribution in [0.3, 0.4) is 0 Å². The number of carboxylic acid groups (broad SMARTS) is 2. The van der Waals surface area contributed by atoms with Crippen molar-refractivity contribution in [3.05, 3.63) is 0 Å². The third kappa shape index (κ3) is 14.6. The molecule has 5 nitrogen and oxygen atoms in total. The SMILES string of the molecule is CCC(=O)O.CCCCC(CC)CN=C(C)C(=O)O. The summed E-state index contributed by atoms with van der Waals surface area (Å²) in [5.41, 5.74) is 0.222. The lowest BCUT2D eigenvalue weighted by atomic mass is 10.00. The van der Waals surface area contributed by atoms with E-state index in [4.69, 9.17) is 10.2 Å². The van der Waals surface area contributed by atoms with Crippen molar-refractivity contribution < 1.29 is 19.8 Å². The van der Waals surface area contributed by atoms with E-state index in [1.807, 2.05) is 0 Å². The van der Waals surface area contributed by atoms with Crippen molar-refractivity contribution in [2.24, 2.45) is 10.9 Å². The van der Waals surface area contributed by atoms with Gasteiger partial charge in [-0.05, 0) is 19.3 Å². The van der Waals surface area contributed by atoms with Crippen LogP contribution in [0.2, 0.25) is 0 Å². The number of carboxylic acids is 2. The molecule has 0 aromatic heterocycles. The van der Waals surface area contributed by atoms with Gasteiger partial charge in [-0.25, -0.2) is 4.79 Å². The van der Waals surface area contributed by atoms with E-state index < -0.39 is 11.9 Å². The number of aliphatic carboxylic acids is 2. The van der Waals surface area contributed by atoms with Crippen molar-refractivity contribution in [1.82, 2.24) is 0 Å². The maximum atomic E-state index is 10.5. The van der Waals surface area contributed by atoms with E-state index in [-0.39, 0.29) is 12.1 Å². The predicted octanol–water partition coefficient (Wildman–Crippen LogP) is 3.23. The molecule has 0 saturated heterocycles. The van der Waals surface area contributed by atoms with Gasteiger partial charge < -0.3 is 10.2 Å². The number of aliphatic imine (C=N–C) groups is 1. The van der Waals surface area contributed by atoms with E-state index in [9.17, 15) is 9.59 Å². The molecule has 1 atom stereocenters.